The lowest BCUT2D eigenvalue weighted by molar-refractivity contribution is -0.128. The number of rotatable bonds is 19. The van der Waals surface area contributed by atoms with Gasteiger partial charge in [0.2, 0.25) is 17.7 Å². The minimum Gasteiger partial charge on any atom is -0.356 e. The summed E-state index contributed by atoms with van der Waals surface area (Å²) >= 11 is 12.1. The largest absolute Gasteiger partial charge is 0.356 e. The Balaban J connectivity index is 0.00000123. The fraction of sp³-hybridized carbons (Fsp3) is 0.345. The second-order valence-corrected chi connectivity index (χ2v) is 20.2. The van der Waals surface area contributed by atoms with E-state index in [1.165, 1.54) is 6.07 Å². The van der Waals surface area contributed by atoms with Gasteiger partial charge in [-0.3, -0.25) is 14.4 Å². The number of aromatic nitrogens is 12. The van der Waals surface area contributed by atoms with E-state index < -0.39 is 29.1 Å². The minimum absolute atomic E-state index is 0. The Labute approximate surface area is 481 Å². The van der Waals surface area contributed by atoms with Crippen molar-refractivity contribution < 1.29 is 34.6 Å². The molecule has 434 valence electrons. The van der Waals surface area contributed by atoms with Crippen LogP contribution in [0, 0.1) is 5.82 Å². The first-order valence-corrected chi connectivity index (χ1v) is 26.9. The maximum absolute atomic E-state index is 13.6. The van der Waals surface area contributed by atoms with Crippen LogP contribution in [0.15, 0.2) is 92.2 Å². The second kappa shape index (κ2) is 25.6. The second-order valence-electron chi connectivity index (χ2n) is 19.3. The highest BCUT2D eigenvalue weighted by Crippen LogP contribution is 2.36. The molecule has 25 heteroatoms. The Hall–Kier alpha value is -8.44. The van der Waals surface area contributed by atoms with E-state index in [0.717, 1.165) is 53.8 Å². The smallest absolute Gasteiger partial charge is 0.245 e. The van der Waals surface area contributed by atoms with Gasteiger partial charge in [-0.25, -0.2) is 53.6 Å². The van der Waals surface area contributed by atoms with Gasteiger partial charge in [0.15, 0.2) is 17.5 Å². The summed E-state index contributed by atoms with van der Waals surface area (Å²) < 4.78 is 25.9. The third-order valence-electron chi connectivity index (χ3n) is 13.7. The molecule has 10 rings (SSSR count). The number of halogens is 4. The molecule has 0 unspecified atom stereocenters. The summed E-state index contributed by atoms with van der Waals surface area (Å²) in [5.41, 5.74) is 1.89. The minimum atomic E-state index is -0.925. The number of amides is 3. The molecule has 3 amide bonds. The number of nitrogens with zero attached hydrogens (tertiary/aromatic N) is 9. The van der Waals surface area contributed by atoms with E-state index in [9.17, 15) is 23.2 Å². The molecule has 1 aliphatic carbocycles. The van der Waals surface area contributed by atoms with Crippen molar-refractivity contribution in [3.63, 3.8) is 0 Å². The predicted molar refractivity (Wildman–Crippen MR) is 324 cm³/mol. The highest BCUT2D eigenvalue weighted by molar-refractivity contribution is 6.31. The molecule has 1 fully saturated rings. The van der Waals surface area contributed by atoms with Crippen LogP contribution in [-0.2, 0) is 14.4 Å². The number of hydrogen-bond donors (Lipinski definition) is 9. The Morgan fingerprint density at radius 1 is 0.625 bits per heavy atom. The number of anilines is 3. The zero-order valence-corrected chi connectivity index (χ0v) is 46.5. The van der Waals surface area contributed by atoms with Gasteiger partial charge in [-0.2, -0.15) is 0 Å². The molecule has 2 atom stereocenters. The molecular weight excluding hydrogens is 1070 g/mol. The number of aromatic amines is 3. The fourth-order valence-electron chi connectivity index (χ4n) is 8.64. The number of carbonyl (C=O) groups is 3. The first-order valence-electron chi connectivity index (χ1n) is 26.2. The lowest BCUT2D eigenvalue weighted by Crippen LogP contribution is -2.57. The van der Waals surface area contributed by atoms with E-state index in [0.29, 0.717) is 98.8 Å². The molecule has 1 saturated carbocycles. The average molecular weight is 1150 g/mol. The molecule has 9 aromatic rings. The molecule has 0 saturated heterocycles. The summed E-state index contributed by atoms with van der Waals surface area (Å²) in [5, 5.41) is 21.4. The number of pyridine rings is 3. The van der Waals surface area contributed by atoms with Crippen molar-refractivity contribution in [2.75, 3.05) is 42.3 Å². The van der Waals surface area contributed by atoms with Crippen molar-refractivity contribution in [3.8, 4) is 34.2 Å². The molecule has 21 nitrogen and oxygen atoms in total. The number of hydrogen-bond acceptors (Lipinski definition) is 15. The molecule has 0 aromatic carbocycles. The number of nitrogens with one attached hydrogen (secondary N) is 9. The highest BCUT2D eigenvalue weighted by atomic mass is 35.5. The van der Waals surface area contributed by atoms with E-state index in [4.69, 9.17) is 23.2 Å². The Morgan fingerprint density at radius 2 is 1.07 bits per heavy atom. The van der Waals surface area contributed by atoms with Gasteiger partial charge in [-0.1, -0.05) is 44.0 Å². The lowest BCUT2D eigenvalue weighted by Gasteiger charge is -2.41. The van der Waals surface area contributed by atoms with Gasteiger partial charge in [0.25, 0.3) is 0 Å². The van der Waals surface area contributed by atoms with E-state index in [-0.39, 0.29) is 35.7 Å². The van der Waals surface area contributed by atoms with Crippen LogP contribution in [0.3, 0.4) is 0 Å². The molecule has 9 N–H and O–H groups in total. The first kappa shape index (κ1) is 57.7. The molecular formula is C55H78Cl2F2N18O3. The third-order valence-corrected chi connectivity index (χ3v) is 14.1. The number of H-pyrrole nitrogens is 3. The molecule has 80 heavy (non-hydrogen) atoms. The standard InChI is InChI=1S/C19H21FN6O.C18H20ClFN6O.C18H21ClN6O.8H2/c1-2-7-22-18(27)19(5-3-6-19)26-15-4-8-21-17(25-15)14-11-24-16-13(14)9-12(20)10-23-16;1-3-18(2,17(27)22-7-5-20)26-14-4-6-21-16(25-14)13-10-24-15-12(13)8-11(19)9-23-15;1-4-18(3,17(26)20-5-2)25-14-6-7-21-16(24-14)13-10-23-15-12(13)8-11(19)9-22-15;;;;;;;;/h4,8-11H,2-3,5-7H2,1H3,(H,22,27)(H,23,24)(H,21,25,26);4,6,8-10H,3,5,7H2,1-2H3,(H,22,27)(H,23,24)(H,21,25,26);6-10H,4-5H2,1-3H3,(H,20,26)(H,22,23)(H,21,24,25);8*1H/t;2*18-;;;;;;;;/m.11......../s1. The van der Waals surface area contributed by atoms with Gasteiger partial charge in [0, 0.05) is 113 Å². The summed E-state index contributed by atoms with van der Waals surface area (Å²) in [5.74, 6) is 2.33. The average Bonchev–Trinajstić information content (AvgIpc) is 2.38. The quantitative estimate of drug-likeness (QED) is 0.0364. The first-order chi connectivity index (χ1) is 38.5. The van der Waals surface area contributed by atoms with Crippen LogP contribution < -0.4 is 31.9 Å². The van der Waals surface area contributed by atoms with Crippen molar-refractivity contribution in [2.24, 2.45) is 0 Å². The molecule has 0 aliphatic heterocycles. The Kier molecular flexibility index (Phi) is 18.4. The summed E-state index contributed by atoms with van der Waals surface area (Å²) in [4.78, 5) is 85.6. The lowest BCUT2D eigenvalue weighted by atomic mass is 9.76. The molecule has 9 aromatic heterocycles. The van der Waals surface area contributed by atoms with Crippen LogP contribution in [0.25, 0.3) is 67.3 Å². The normalized spacial score (nSPS) is 14.0. The number of carbonyl (C=O) groups excluding carboxylic acids is 3. The van der Waals surface area contributed by atoms with Gasteiger partial charge >= 0.3 is 0 Å². The van der Waals surface area contributed by atoms with Crippen LogP contribution in [-0.4, -0.2) is 120 Å². The van der Waals surface area contributed by atoms with Crippen molar-refractivity contribution in [1.82, 2.24) is 75.8 Å². The van der Waals surface area contributed by atoms with Crippen LogP contribution in [0.4, 0.5) is 26.2 Å². The van der Waals surface area contributed by atoms with Gasteiger partial charge in [0.05, 0.1) is 16.2 Å². The maximum Gasteiger partial charge on any atom is 0.245 e. The van der Waals surface area contributed by atoms with Crippen LogP contribution >= 0.6 is 23.2 Å². The van der Waals surface area contributed by atoms with E-state index in [1.54, 1.807) is 80.8 Å². The van der Waals surface area contributed by atoms with E-state index in [2.05, 4.69) is 91.7 Å². The van der Waals surface area contributed by atoms with Crippen LogP contribution in [0.5, 0.6) is 0 Å². The van der Waals surface area contributed by atoms with Crippen molar-refractivity contribution in [3.05, 3.63) is 108 Å². The van der Waals surface area contributed by atoms with Crippen molar-refractivity contribution >= 4 is 91.5 Å². The number of likely N-dealkylation sites (N-methyl/N-ethyl adjacent to an activating group) is 1. The summed E-state index contributed by atoms with van der Waals surface area (Å²) in [7, 11) is 0. The topological polar surface area (TPSA) is 287 Å². The van der Waals surface area contributed by atoms with Crippen LogP contribution in [0.1, 0.15) is 91.5 Å². The van der Waals surface area contributed by atoms with E-state index in [1.807, 2.05) is 40.7 Å². The zero-order chi connectivity index (χ0) is 57.0. The zero-order valence-electron chi connectivity index (χ0n) is 45.0. The van der Waals surface area contributed by atoms with Gasteiger partial charge in [0.1, 0.15) is 63.5 Å². The maximum atomic E-state index is 13.6. The summed E-state index contributed by atoms with van der Waals surface area (Å²) in [6.45, 7) is 12.0. The predicted octanol–water partition coefficient (Wildman–Crippen LogP) is 11.7. The van der Waals surface area contributed by atoms with Gasteiger partial charge in [-0.15, -0.1) is 0 Å². The van der Waals surface area contributed by atoms with Gasteiger partial charge in [-0.05, 0) is 95.7 Å². The monoisotopic (exact) mass is 1150 g/mol. The molecule has 9 heterocycles. The highest BCUT2D eigenvalue weighted by Gasteiger charge is 2.44. The third kappa shape index (κ3) is 13.2. The van der Waals surface area contributed by atoms with Crippen LogP contribution in [0.2, 0.25) is 10.0 Å². The molecule has 0 spiro atoms. The number of fused-ring (bicyclic) bond motifs is 3. The molecule has 1 aliphatic rings. The summed E-state index contributed by atoms with van der Waals surface area (Å²) in [6, 6.07) is 10.2. The number of alkyl halides is 1. The van der Waals surface area contributed by atoms with E-state index >= 15 is 0 Å². The molecule has 0 radical (unpaired) electrons. The SMILES string of the molecule is CCCNC(=O)C1(Nc2ccnc(-c3c[nH]c4ncc(F)cc34)n2)CCC1.CCNC(=O)[C@@](C)(CC)Nc1ccnc(-c2c[nH]c3ncc(Cl)cc23)n1.CC[C@@](C)(Nc1ccnc(-c2c[nH]c3ncc(Cl)cc23)n1)C(=O)NCCF.[HH].[HH].[HH].[HH].[HH].[HH].[HH].[HH]. The Morgan fingerprint density at radius 3 is 1.51 bits per heavy atom. The van der Waals surface area contributed by atoms with Crippen molar-refractivity contribution in [1.29, 1.82) is 0 Å². The van der Waals surface area contributed by atoms with Crippen molar-refractivity contribution in [2.45, 2.75) is 96.7 Å². The molecule has 0 bridgehead atoms. The fourth-order valence-corrected chi connectivity index (χ4v) is 8.96. The van der Waals surface area contributed by atoms with Gasteiger partial charge < -0.3 is 46.9 Å². The summed E-state index contributed by atoms with van der Waals surface area (Å²) in [6.07, 6.45) is 19.0. The Bertz CT molecular complexity index is 3520.